The summed E-state index contributed by atoms with van der Waals surface area (Å²) in [6.45, 7) is 0.310. The van der Waals surface area contributed by atoms with E-state index < -0.39 is 10.8 Å². The van der Waals surface area contributed by atoms with Crippen LogP contribution in [-0.4, -0.2) is 17.2 Å². The third kappa shape index (κ3) is 4.78. The predicted molar refractivity (Wildman–Crippen MR) is 104 cm³/mol. The number of para-hydroxylation sites is 1. The zero-order chi connectivity index (χ0) is 19.2. The first-order chi connectivity index (χ1) is 13.1. The Kier molecular flexibility index (Phi) is 6.32. The number of amides is 1. The number of ether oxygens (including phenoxy) is 1. The second-order valence-corrected chi connectivity index (χ2v) is 7.51. The van der Waals surface area contributed by atoms with Gasteiger partial charge < -0.3 is 14.5 Å². The summed E-state index contributed by atoms with van der Waals surface area (Å²) in [4.78, 5) is 12.8. The van der Waals surface area contributed by atoms with Crippen LogP contribution in [-0.2, 0) is 23.1 Å². The van der Waals surface area contributed by atoms with Gasteiger partial charge in [0.1, 0.15) is 11.5 Å². The Labute approximate surface area is 164 Å². The third-order valence-corrected chi connectivity index (χ3v) is 5.71. The molecule has 1 unspecified atom stereocenters. The van der Waals surface area contributed by atoms with Gasteiger partial charge in [-0.2, -0.15) is 0 Å². The molecule has 1 N–H and O–H groups in total. The van der Waals surface area contributed by atoms with E-state index in [0.717, 1.165) is 5.56 Å². The molecule has 0 fully saturated rings. The van der Waals surface area contributed by atoms with Gasteiger partial charge in [-0.1, -0.05) is 41.9 Å². The largest absolute Gasteiger partial charge is 0.496 e. The van der Waals surface area contributed by atoms with Crippen molar-refractivity contribution in [2.24, 2.45) is 0 Å². The number of hydrogen-bond acceptors (Lipinski definition) is 4. The number of benzene rings is 2. The Hall–Kier alpha value is -2.57. The Morgan fingerprint density at radius 2 is 1.85 bits per heavy atom. The van der Waals surface area contributed by atoms with Crippen molar-refractivity contribution < 1.29 is 18.2 Å². The molecule has 3 aromatic rings. The average molecular weight is 404 g/mol. The van der Waals surface area contributed by atoms with Gasteiger partial charge in [-0.25, -0.2) is 0 Å². The molecule has 1 heterocycles. The number of nitrogens with one attached hydrogen (secondary N) is 1. The Morgan fingerprint density at radius 1 is 1.11 bits per heavy atom. The third-order valence-electron chi connectivity index (χ3n) is 3.87. The molecule has 0 radical (unpaired) electrons. The number of methoxy groups -OCH3 is 1. The molecule has 1 amide bonds. The molecular formula is C20H18ClNO4S. The van der Waals surface area contributed by atoms with Crippen LogP contribution in [0.3, 0.4) is 0 Å². The predicted octanol–water partition coefficient (Wildman–Crippen LogP) is 4.18. The highest BCUT2D eigenvalue weighted by molar-refractivity contribution is 7.84. The van der Waals surface area contributed by atoms with Crippen molar-refractivity contribution in [2.45, 2.75) is 17.2 Å². The molecule has 27 heavy (non-hydrogen) atoms. The molecule has 0 aliphatic heterocycles. The molecule has 2 aromatic carbocycles. The number of rotatable bonds is 7. The second-order valence-electron chi connectivity index (χ2n) is 5.68. The van der Waals surface area contributed by atoms with Crippen LogP contribution in [0.5, 0.6) is 5.75 Å². The number of carbonyl (C=O) groups excluding carboxylic acids is 1. The maximum absolute atomic E-state index is 12.4. The smallest absolute Gasteiger partial charge is 0.287 e. The standard InChI is InChI=1S/C20H18ClNO4S/c1-25-17-8-4-2-6-14(17)12-22-20(23)18-11-10-15(26-18)13-27(24)19-9-5-3-7-16(19)21/h2-11H,12-13H2,1H3,(H,22,23). The lowest BCUT2D eigenvalue weighted by molar-refractivity contribution is 0.0921. The monoisotopic (exact) mass is 403 g/mol. The average Bonchev–Trinajstić information content (AvgIpc) is 3.15. The lowest BCUT2D eigenvalue weighted by Crippen LogP contribution is -2.22. The van der Waals surface area contributed by atoms with Gasteiger partial charge >= 0.3 is 0 Å². The van der Waals surface area contributed by atoms with E-state index in [1.54, 1.807) is 43.5 Å². The molecule has 140 valence electrons. The highest BCUT2D eigenvalue weighted by atomic mass is 35.5. The normalized spacial score (nSPS) is 11.8. The summed E-state index contributed by atoms with van der Waals surface area (Å²) >= 11 is 6.07. The lowest BCUT2D eigenvalue weighted by Gasteiger charge is -2.08. The molecule has 0 bridgehead atoms. The maximum Gasteiger partial charge on any atom is 0.287 e. The molecular weight excluding hydrogens is 386 g/mol. The van der Waals surface area contributed by atoms with E-state index in [1.807, 2.05) is 24.3 Å². The first-order valence-electron chi connectivity index (χ1n) is 8.20. The fraction of sp³-hybridized carbons (Fsp3) is 0.150. The van der Waals surface area contributed by atoms with Crippen molar-refractivity contribution in [2.75, 3.05) is 7.11 Å². The molecule has 0 saturated heterocycles. The first-order valence-corrected chi connectivity index (χ1v) is 9.90. The van der Waals surface area contributed by atoms with Gasteiger partial charge in [0.2, 0.25) is 0 Å². The summed E-state index contributed by atoms with van der Waals surface area (Å²) in [6.07, 6.45) is 0. The van der Waals surface area contributed by atoms with E-state index in [4.69, 9.17) is 20.8 Å². The highest BCUT2D eigenvalue weighted by Gasteiger charge is 2.15. The Bertz CT molecular complexity index is 970. The van der Waals surface area contributed by atoms with Crippen molar-refractivity contribution in [3.05, 3.63) is 82.8 Å². The van der Waals surface area contributed by atoms with Crippen molar-refractivity contribution in [3.8, 4) is 5.75 Å². The SMILES string of the molecule is COc1ccccc1CNC(=O)c1ccc(CS(=O)c2ccccc2Cl)o1. The summed E-state index contributed by atoms with van der Waals surface area (Å²) < 4.78 is 23.3. The fourth-order valence-corrected chi connectivity index (χ4v) is 4.00. The number of carbonyl (C=O) groups is 1. The topological polar surface area (TPSA) is 68.5 Å². The molecule has 0 saturated carbocycles. The molecule has 1 atom stereocenters. The molecule has 3 rings (SSSR count). The van der Waals surface area contributed by atoms with Crippen molar-refractivity contribution in [1.29, 1.82) is 0 Å². The first kappa shape index (κ1) is 19.2. The van der Waals surface area contributed by atoms with E-state index in [-0.39, 0.29) is 17.4 Å². The van der Waals surface area contributed by atoms with Crippen LogP contribution in [0.1, 0.15) is 21.9 Å². The zero-order valence-electron chi connectivity index (χ0n) is 14.6. The van der Waals surface area contributed by atoms with Crippen molar-refractivity contribution in [1.82, 2.24) is 5.32 Å². The maximum atomic E-state index is 12.4. The molecule has 7 heteroatoms. The van der Waals surface area contributed by atoms with E-state index in [9.17, 15) is 9.00 Å². The summed E-state index contributed by atoms with van der Waals surface area (Å²) in [5.74, 6) is 1.11. The van der Waals surface area contributed by atoms with E-state index in [2.05, 4.69) is 5.32 Å². The number of hydrogen-bond donors (Lipinski definition) is 1. The van der Waals surface area contributed by atoms with Gasteiger partial charge in [0.25, 0.3) is 5.91 Å². The minimum atomic E-state index is -1.36. The minimum Gasteiger partial charge on any atom is -0.496 e. The van der Waals surface area contributed by atoms with Crippen LogP contribution in [0.25, 0.3) is 0 Å². The Morgan fingerprint density at radius 3 is 2.63 bits per heavy atom. The highest BCUT2D eigenvalue weighted by Crippen LogP contribution is 2.22. The zero-order valence-corrected chi connectivity index (χ0v) is 16.2. The van der Waals surface area contributed by atoms with Crippen molar-refractivity contribution >= 4 is 28.3 Å². The van der Waals surface area contributed by atoms with E-state index >= 15 is 0 Å². The molecule has 5 nitrogen and oxygen atoms in total. The van der Waals surface area contributed by atoms with Gasteiger partial charge in [0.15, 0.2) is 5.76 Å². The van der Waals surface area contributed by atoms with Gasteiger partial charge in [-0.05, 0) is 30.3 Å². The van der Waals surface area contributed by atoms with Crippen LogP contribution in [0.2, 0.25) is 5.02 Å². The van der Waals surface area contributed by atoms with E-state index in [0.29, 0.717) is 28.0 Å². The summed E-state index contributed by atoms with van der Waals surface area (Å²) in [5.41, 5.74) is 0.861. The minimum absolute atomic E-state index is 0.142. The van der Waals surface area contributed by atoms with Crippen LogP contribution in [0.15, 0.2) is 70.0 Å². The summed E-state index contributed by atoms with van der Waals surface area (Å²) in [6, 6.07) is 17.6. The number of halogens is 1. The van der Waals surface area contributed by atoms with Crippen LogP contribution in [0.4, 0.5) is 0 Å². The molecule has 0 aliphatic rings. The fourth-order valence-electron chi connectivity index (χ4n) is 2.53. The van der Waals surface area contributed by atoms with E-state index in [1.165, 1.54) is 0 Å². The summed E-state index contributed by atoms with van der Waals surface area (Å²) in [7, 11) is 0.224. The van der Waals surface area contributed by atoms with Crippen molar-refractivity contribution in [3.63, 3.8) is 0 Å². The number of furan rings is 1. The quantitative estimate of drug-likeness (QED) is 0.642. The Balaban J connectivity index is 1.62. The van der Waals surface area contributed by atoms with Crippen LogP contribution < -0.4 is 10.1 Å². The molecule has 0 spiro atoms. The molecule has 0 aliphatic carbocycles. The second kappa shape index (κ2) is 8.88. The van der Waals surface area contributed by atoms with Crippen LogP contribution >= 0.6 is 11.6 Å². The van der Waals surface area contributed by atoms with Crippen LogP contribution in [0, 0.1) is 0 Å². The van der Waals surface area contributed by atoms with Gasteiger partial charge in [-0.15, -0.1) is 0 Å². The molecule has 1 aromatic heterocycles. The summed E-state index contributed by atoms with van der Waals surface area (Å²) in [5, 5.41) is 3.23. The lowest BCUT2D eigenvalue weighted by atomic mass is 10.2. The van der Waals surface area contributed by atoms with Gasteiger partial charge in [0, 0.05) is 12.1 Å². The van der Waals surface area contributed by atoms with Gasteiger partial charge in [0.05, 0.1) is 33.6 Å². The van der Waals surface area contributed by atoms with Gasteiger partial charge in [-0.3, -0.25) is 9.00 Å².